The van der Waals surface area contributed by atoms with Crippen molar-refractivity contribution in [2.45, 2.75) is 13.0 Å². The molecular weight excluding hydrogens is 371 g/mol. The minimum Gasteiger partial charge on any atom is -0.348 e. The zero-order valence-electron chi connectivity index (χ0n) is 13.9. The molecule has 1 atom stereocenters. The number of aromatic nitrogens is 2. The molecular formula is C19H16Cl2N4O. The van der Waals surface area contributed by atoms with Gasteiger partial charge in [-0.05, 0) is 24.6 Å². The Kier molecular flexibility index (Phi) is 5.71. The number of hydrogen-bond acceptors (Lipinski definition) is 4. The molecule has 0 aliphatic carbocycles. The molecule has 2 N–H and O–H groups in total. The number of nitrogens with zero attached hydrogens (tertiary/aromatic N) is 2. The lowest BCUT2D eigenvalue weighted by Gasteiger charge is -2.14. The molecule has 2 aromatic carbocycles. The van der Waals surface area contributed by atoms with E-state index < -0.39 is 0 Å². The molecule has 0 saturated heterocycles. The van der Waals surface area contributed by atoms with Crippen LogP contribution in [0.4, 0.5) is 11.6 Å². The number of rotatable bonds is 5. The summed E-state index contributed by atoms with van der Waals surface area (Å²) in [5, 5.41) is 6.56. The summed E-state index contributed by atoms with van der Waals surface area (Å²) < 4.78 is 0. The van der Waals surface area contributed by atoms with Crippen LogP contribution in [0.1, 0.15) is 28.9 Å². The molecule has 1 unspecified atom stereocenters. The maximum absolute atomic E-state index is 12.3. The molecule has 7 heteroatoms. The van der Waals surface area contributed by atoms with Gasteiger partial charge >= 0.3 is 0 Å². The van der Waals surface area contributed by atoms with Crippen molar-refractivity contribution in [2.24, 2.45) is 0 Å². The predicted molar refractivity (Wildman–Crippen MR) is 105 cm³/mol. The molecule has 26 heavy (non-hydrogen) atoms. The number of nitrogens with one attached hydrogen (secondary N) is 2. The third-order valence-corrected chi connectivity index (χ3v) is 4.58. The van der Waals surface area contributed by atoms with Gasteiger partial charge in [0.15, 0.2) is 0 Å². The van der Waals surface area contributed by atoms with Crippen LogP contribution in [-0.2, 0) is 0 Å². The molecule has 0 spiro atoms. The fourth-order valence-electron chi connectivity index (χ4n) is 2.33. The number of amides is 1. The molecule has 1 aromatic heterocycles. The second-order valence-electron chi connectivity index (χ2n) is 5.63. The fraction of sp³-hybridized carbons (Fsp3) is 0.105. The third-order valence-electron chi connectivity index (χ3n) is 3.76. The summed E-state index contributed by atoms with van der Waals surface area (Å²) in [5.41, 5.74) is 1.87. The molecule has 0 aliphatic rings. The van der Waals surface area contributed by atoms with E-state index in [0.29, 0.717) is 27.2 Å². The highest BCUT2D eigenvalue weighted by Crippen LogP contribution is 2.29. The van der Waals surface area contributed by atoms with Crippen LogP contribution in [0.15, 0.2) is 60.9 Å². The number of anilines is 2. The standard InChI is InChI=1S/C19H16Cl2N4O/c1-12(13-6-3-2-4-7-13)24-19-22-10-14(11-23-19)18(26)25-16-9-5-8-15(20)17(16)21/h2-12H,1H3,(H,25,26)(H,22,23,24). The van der Waals surface area contributed by atoms with Gasteiger partial charge in [-0.2, -0.15) is 0 Å². The first-order valence-electron chi connectivity index (χ1n) is 7.93. The van der Waals surface area contributed by atoms with E-state index >= 15 is 0 Å². The fourth-order valence-corrected chi connectivity index (χ4v) is 2.68. The Bertz CT molecular complexity index is 901. The Morgan fingerprint density at radius 3 is 2.38 bits per heavy atom. The summed E-state index contributed by atoms with van der Waals surface area (Å²) in [4.78, 5) is 20.7. The number of carbonyl (C=O) groups excluding carboxylic acids is 1. The highest BCUT2D eigenvalue weighted by atomic mass is 35.5. The van der Waals surface area contributed by atoms with Gasteiger partial charge in [0.25, 0.3) is 5.91 Å². The topological polar surface area (TPSA) is 66.9 Å². The normalized spacial score (nSPS) is 11.7. The molecule has 0 aliphatic heterocycles. The molecule has 1 heterocycles. The van der Waals surface area contributed by atoms with Crippen molar-refractivity contribution in [2.75, 3.05) is 10.6 Å². The molecule has 132 valence electrons. The Morgan fingerprint density at radius 2 is 1.69 bits per heavy atom. The summed E-state index contributed by atoms with van der Waals surface area (Å²) >= 11 is 12.0. The van der Waals surface area contributed by atoms with Gasteiger partial charge in [-0.25, -0.2) is 9.97 Å². The summed E-state index contributed by atoms with van der Waals surface area (Å²) in [5.74, 6) is 0.0792. The van der Waals surface area contributed by atoms with Crippen molar-refractivity contribution >= 4 is 40.7 Å². The smallest absolute Gasteiger partial charge is 0.258 e. The van der Waals surface area contributed by atoms with Crippen molar-refractivity contribution in [3.8, 4) is 0 Å². The molecule has 1 amide bonds. The van der Waals surface area contributed by atoms with Crippen molar-refractivity contribution < 1.29 is 4.79 Å². The summed E-state index contributed by atoms with van der Waals surface area (Å²) in [6.45, 7) is 2.01. The minimum atomic E-state index is -0.364. The number of halogens is 2. The van der Waals surface area contributed by atoms with Crippen LogP contribution in [0.25, 0.3) is 0 Å². The van der Waals surface area contributed by atoms with Crippen molar-refractivity contribution in [3.63, 3.8) is 0 Å². The van der Waals surface area contributed by atoms with E-state index in [-0.39, 0.29) is 11.9 Å². The van der Waals surface area contributed by atoms with Crippen LogP contribution in [0.3, 0.4) is 0 Å². The van der Waals surface area contributed by atoms with E-state index in [0.717, 1.165) is 5.56 Å². The number of benzene rings is 2. The quantitative estimate of drug-likeness (QED) is 0.631. The highest BCUT2D eigenvalue weighted by Gasteiger charge is 2.12. The average molecular weight is 387 g/mol. The lowest BCUT2D eigenvalue weighted by molar-refractivity contribution is 0.102. The number of carbonyl (C=O) groups is 1. The van der Waals surface area contributed by atoms with Crippen LogP contribution in [-0.4, -0.2) is 15.9 Å². The summed E-state index contributed by atoms with van der Waals surface area (Å²) in [7, 11) is 0. The molecule has 0 saturated carbocycles. The van der Waals surface area contributed by atoms with Crippen LogP contribution in [0.2, 0.25) is 10.0 Å². The van der Waals surface area contributed by atoms with E-state index in [1.807, 2.05) is 37.3 Å². The van der Waals surface area contributed by atoms with Crippen LogP contribution in [0.5, 0.6) is 0 Å². The Morgan fingerprint density at radius 1 is 1.00 bits per heavy atom. The molecule has 0 radical (unpaired) electrons. The van der Waals surface area contributed by atoms with Gasteiger partial charge in [0.1, 0.15) is 0 Å². The van der Waals surface area contributed by atoms with E-state index in [1.165, 1.54) is 12.4 Å². The Labute approximate surface area is 161 Å². The van der Waals surface area contributed by atoms with Crippen molar-refractivity contribution in [1.82, 2.24) is 9.97 Å². The molecule has 3 aromatic rings. The second-order valence-corrected chi connectivity index (χ2v) is 6.41. The largest absolute Gasteiger partial charge is 0.348 e. The SMILES string of the molecule is CC(Nc1ncc(C(=O)Nc2cccc(Cl)c2Cl)cn1)c1ccccc1. The van der Waals surface area contributed by atoms with E-state index in [4.69, 9.17) is 23.2 Å². The van der Waals surface area contributed by atoms with E-state index in [1.54, 1.807) is 18.2 Å². The molecule has 5 nitrogen and oxygen atoms in total. The van der Waals surface area contributed by atoms with Crippen LogP contribution >= 0.6 is 23.2 Å². The minimum absolute atomic E-state index is 0.0427. The zero-order valence-corrected chi connectivity index (χ0v) is 15.4. The van der Waals surface area contributed by atoms with Gasteiger partial charge in [-0.15, -0.1) is 0 Å². The zero-order chi connectivity index (χ0) is 18.5. The third kappa shape index (κ3) is 4.31. The Hall–Kier alpha value is -2.63. The maximum Gasteiger partial charge on any atom is 0.258 e. The van der Waals surface area contributed by atoms with Gasteiger partial charge in [-0.3, -0.25) is 4.79 Å². The summed E-state index contributed by atoms with van der Waals surface area (Å²) in [6.07, 6.45) is 2.92. The van der Waals surface area contributed by atoms with Gasteiger partial charge in [0.05, 0.1) is 27.3 Å². The van der Waals surface area contributed by atoms with Crippen LogP contribution < -0.4 is 10.6 Å². The number of hydrogen-bond donors (Lipinski definition) is 2. The van der Waals surface area contributed by atoms with E-state index in [2.05, 4.69) is 20.6 Å². The molecule has 0 fully saturated rings. The van der Waals surface area contributed by atoms with Gasteiger partial charge in [0.2, 0.25) is 5.95 Å². The maximum atomic E-state index is 12.3. The first kappa shape index (κ1) is 18.2. The molecule has 0 bridgehead atoms. The first-order chi connectivity index (χ1) is 12.5. The molecule has 3 rings (SSSR count). The van der Waals surface area contributed by atoms with Crippen molar-refractivity contribution in [3.05, 3.63) is 82.1 Å². The van der Waals surface area contributed by atoms with Gasteiger partial charge in [0, 0.05) is 12.4 Å². The second kappa shape index (κ2) is 8.17. The Balaban J connectivity index is 1.67. The van der Waals surface area contributed by atoms with Crippen molar-refractivity contribution in [1.29, 1.82) is 0 Å². The lowest BCUT2D eigenvalue weighted by atomic mass is 10.1. The average Bonchev–Trinajstić information content (AvgIpc) is 2.66. The first-order valence-corrected chi connectivity index (χ1v) is 8.69. The van der Waals surface area contributed by atoms with Gasteiger partial charge < -0.3 is 10.6 Å². The monoisotopic (exact) mass is 386 g/mol. The lowest BCUT2D eigenvalue weighted by Crippen LogP contribution is -2.14. The van der Waals surface area contributed by atoms with Crippen LogP contribution in [0, 0.1) is 0 Å². The van der Waals surface area contributed by atoms with E-state index in [9.17, 15) is 4.79 Å². The highest BCUT2D eigenvalue weighted by molar-refractivity contribution is 6.44. The predicted octanol–water partition coefficient (Wildman–Crippen LogP) is 5.21. The summed E-state index contributed by atoms with van der Waals surface area (Å²) in [6, 6.07) is 15.0. The van der Waals surface area contributed by atoms with Gasteiger partial charge in [-0.1, -0.05) is 59.6 Å².